The number of piperazine rings is 1. The quantitative estimate of drug-likeness (QED) is 0.554. The highest BCUT2D eigenvalue weighted by molar-refractivity contribution is 7.12. The lowest BCUT2D eigenvalue weighted by Crippen LogP contribution is -2.48. The molecule has 1 saturated heterocycles. The minimum absolute atomic E-state index is 0.00247. The van der Waals surface area contributed by atoms with Crippen LogP contribution in [0.3, 0.4) is 0 Å². The Hall–Kier alpha value is -2.78. The van der Waals surface area contributed by atoms with Crippen molar-refractivity contribution in [3.8, 4) is 5.75 Å². The van der Waals surface area contributed by atoms with Crippen molar-refractivity contribution in [2.75, 3.05) is 26.2 Å². The van der Waals surface area contributed by atoms with E-state index in [4.69, 9.17) is 4.74 Å². The van der Waals surface area contributed by atoms with Gasteiger partial charge in [0.15, 0.2) is 11.6 Å². The van der Waals surface area contributed by atoms with Gasteiger partial charge in [0.2, 0.25) is 0 Å². The highest BCUT2D eigenvalue weighted by Gasteiger charge is 2.23. The Morgan fingerprint density at radius 3 is 2.68 bits per heavy atom. The molecule has 0 saturated carbocycles. The average molecular weight is 447 g/mol. The van der Waals surface area contributed by atoms with Crippen LogP contribution >= 0.6 is 11.3 Å². The molecular formula is C22H24F2N4O2S. The number of rotatable bonds is 7. The van der Waals surface area contributed by atoms with E-state index < -0.39 is 11.6 Å². The summed E-state index contributed by atoms with van der Waals surface area (Å²) in [5.41, 5.74) is 1.96. The molecule has 1 aliphatic rings. The number of halogens is 2. The normalized spacial score (nSPS) is 14.7. The van der Waals surface area contributed by atoms with Crippen molar-refractivity contribution in [3.05, 3.63) is 69.7 Å². The van der Waals surface area contributed by atoms with Crippen LogP contribution in [0.2, 0.25) is 0 Å². The van der Waals surface area contributed by atoms with Crippen molar-refractivity contribution in [2.45, 2.75) is 26.6 Å². The van der Waals surface area contributed by atoms with Crippen LogP contribution in [0.25, 0.3) is 0 Å². The number of amides is 1. The lowest BCUT2D eigenvalue weighted by Gasteiger charge is -2.34. The van der Waals surface area contributed by atoms with E-state index in [1.165, 1.54) is 23.0 Å². The molecule has 0 unspecified atom stereocenters. The maximum absolute atomic E-state index is 13.7. The molecule has 9 heteroatoms. The third-order valence-corrected chi connectivity index (χ3v) is 6.20. The van der Waals surface area contributed by atoms with E-state index in [1.807, 2.05) is 21.2 Å². The van der Waals surface area contributed by atoms with E-state index >= 15 is 0 Å². The summed E-state index contributed by atoms with van der Waals surface area (Å²) in [5.74, 6) is -1.40. The SMILES string of the molecule is CCn1cc(CN2CCN(C(=O)c3cc(COc4ccc(F)cc4F)cs3)CC2)cn1. The summed E-state index contributed by atoms with van der Waals surface area (Å²) in [6, 6.07) is 4.97. The van der Waals surface area contributed by atoms with E-state index in [1.54, 1.807) is 6.07 Å². The zero-order chi connectivity index (χ0) is 21.8. The zero-order valence-electron chi connectivity index (χ0n) is 17.3. The van der Waals surface area contributed by atoms with Gasteiger partial charge in [-0.1, -0.05) is 0 Å². The van der Waals surface area contributed by atoms with E-state index in [9.17, 15) is 13.6 Å². The summed E-state index contributed by atoms with van der Waals surface area (Å²) in [5, 5.41) is 6.14. The molecule has 3 aromatic rings. The fraction of sp³-hybridized carbons (Fsp3) is 0.364. The molecule has 1 aliphatic heterocycles. The molecule has 0 radical (unpaired) electrons. The first-order chi connectivity index (χ1) is 15.0. The van der Waals surface area contributed by atoms with Gasteiger partial charge in [0.1, 0.15) is 12.4 Å². The molecule has 1 fully saturated rings. The number of nitrogens with zero attached hydrogens (tertiary/aromatic N) is 4. The molecule has 31 heavy (non-hydrogen) atoms. The maximum Gasteiger partial charge on any atom is 0.264 e. The predicted octanol–water partition coefficient (Wildman–Crippen LogP) is 3.78. The number of ether oxygens (including phenoxy) is 1. The largest absolute Gasteiger partial charge is 0.486 e. The van der Waals surface area contributed by atoms with E-state index in [0.717, 1.165) is 43.9 Å². The standard InChI is InChI=1S/C22H24F2N4O2S/c1-2-28-13-17(11-25-28)12-26-5-7-27(8-6-26)22(29)21-9-16(15-31-21)14-30-20-4-3-18(23)10-19(20)24/h3-4,9-11,13,15H,2,5-8,12,14H2,1H3. The van der Waals surface area contributed by atoms with Gasteiger partial charge < -0.3 is 9.64 Å². The molecule has 164 valence electrons. The van der Waals surface area contributed by atoms with Crippen LogP contribution in [-0.4, -0.2) is 51.7 Å². The minimum Gasteiger partial charge on any atom is -0.486 e. The summed E-state index contributed by atoms with van der Waals surface area (Å²) in [4.78, 5) is 17.7. The summed E-state index contributed by atoms with van der Waals surface area (Å²) in [6.45, 7) is 6.84. The summed E-state index contributed by atoms with van der Waals surface area (Å²) < 4.78 is 34.0. The van der Waals surface area contributed by atoms with Gasteiger partial charge >= 0.3 is 0 Å². The highest BCUT2D eigenvalue weighted by Crippen LogP contribution is 2.22. The van der Waals surface area contributed by atoms with Gasteiger partial charge in [-0.2, -0.15) is 5.10 Å². The first-order valence-electron chi connectivity index (χ1n) is 10.2. The molecule has 1 aromatic carbocycles. The van der Waals surface area contributed by atoms with Gasteiger partial charge in [-0.15, -0.1) is 11.3 Å². The zero-order valence-corrected chi connectivity index (χ0v) is 18.1. The molecule has 0 spiro atoms. The molecule has 0 N–H and O–H groups in total. The number of hydrogen-bond acceptors (Lipinski definition) is 5. The molecule has 2 aromatic heterocycles. The van der Waals surface area contributed by atoms with Crippen LogP contribution < -0.4 is 4.74 Å². The number of aryl methyl sites for hydroxylation is 1. The van der Waals surface area contributed by atoms with E-state index in [0.29, 0.717) is 18.0 Å². The van der Waals surface area contributed by atoms with Gasteiger partial charge in [-0.25, -0.2) is 8.78 Å². The Labute approximate surface area is 183 Å². The van der Waals surface area contributed by atoms with Crippen LogP contribution in [0.5, 0.6) is 5.75 Å². The number of hydrogen-bond donors (Lipinski definition) is 0. The van der Waals surface area contributed by atoms with Gasteiger partial charge in [0.05, 0.1) is 11.1 Å². The fourth-order valence-corrected chi connectivity index (χ4v) is 4.36. The third kappa shape index (κ3) is 5.29. The van der Waals surface area contributed by atoms with Gasteiger partial charge in [0, 0.05) is 62.7 Å². The number of carbonyl (C=O) groups excluding carboxylic acids is 1. The Morgan fingerprint density at radius 1 is 1.16 bits per heavy atom. The van der Waals surface area contributed by atoms with Gasteiger partial charge in [0.25, 0.3) is 5.91 Å². The average Bonchev–Trinajstić information content (AvgIpc) is 3.43. The molecule has 6 nitrogen and oxygen atoms in total. The number of thiophene rings is 1. The van der Waals surface area contributed by atoms with Gasteiger partial charge in [-0.3, -0.25) is 14.4 Å². The molecule has 0 atom stereocenters. The van der Waals surface area contributed by atoms with Crippen molar-refractivity contribution < 1.29 is 18.3 Å². The first-order valence-corrected chi connectivity index (χ1v) is 11.1. The third-order valence-electron chi connectivity index (χ3n) is 5.23. The lowest BCUT2D eigenvalue weighted by molar-refractivity contribution is 0.0633. The lowest BCUT2D eigenvalue weighted by atomic mass is 10.2. The second-order valence-corrected chi connectivity index (χ2v) is 8.37. The Morgan fingerprint density at radius 2 is 1.97 bits per heavy atom. The molecule has 3 heterocycles. The minimum atomic E-state index is -0.744. The van der Waals surface area contributed by atoms with Crippen LogP contribution in [-0.2, 0) is 19.7 Å². The predicted molar refractivity (Wildman–Crippen MR) is 114 cm³/mol. The van der Waals surface area contributed by atoms with Crippen molar-refractivity contribution >= 4 is 17.2 Å². The maximum atomic E-state index is 13.7. The Bertz CT molecular complexity index is 1040. The smallest absolute Gasteiger partial charge is 0.264 e. The van der Waals surface area contributed by atoms with Crippen molar-refractivity contribution in [1.29, 1.82) is 0 Å². The fourth-order valence-electron chi connectivity index (χ4n) is 3.50. The van der Waals surface area contributed by atoms with Crippen molar-refractivity contribution in [2.24, 2.45) is 0 Å². The Balaban J connectivity index is 1.27. The first kappa shape index (κ1) is 21.5. The topological polar surface area (TPSA) is 50.6 Å². The Kier molecular flexibility index (Phi) is 6.62. The second kappa shape index (κ2) is 9.57. The van der Waals surface area contributed by atoms with Crippen molar-refractivity contribution in [1.82, 2.24) is 19.6 Å². The van der Waals surface area contributed by atoms with Crippen LogP contribution in [0.15, 0.2) is 42.0 Å². The summed E-state index contributed by atoms with van der Waals surface area (Å²) >= 11 is 1.35. The molecule has 0 bridgehead atoms. The molecule has 1 amide bonds. The number of aromatic nitrogens is 2. The number of benzene rings is 1. The van der Waals surface area contributed by atoms with Gasteiger partial charge in [-0.05, 0) is 30.5 Å². The van der Waals surface area contributed by atoms with E-state index in [2.05, 4.69) is 23.1 Å². The highest BCUT2D eigenvalue weighted by atomic mass is 32.1. The van der Waals surface area contributed by atoms with Crippen molar-refractivity contribution in [3.63, 3.8) is 0 Å². The van der Waals surface area contributed by atoms with Crippen LogP contribution in [0, 0.1) is 11.6 Å². The second-order valence-electron chi connectivity index (χ2n) is 7.46. The number of carbonyl (C=O) groups is 1. The monoisotopic (exact) mass is 446 g/mol. The molecule has 0 aliphatic carbocycles. The van der Waals surface area contributed by atoms with Crippen LogP contribution in [0.1, 0.15) is 27.7 Å². The summed E-state index contributed by atoms with van der Waals surface area (Å²) in [7, 11) is 0. The molecular weight excluding hydrogens is 422 g/mol. The summed E-state index contributed by atoms with van der Waals surface area (Å²) in [6.07, 6.45) is 3.96. The molecule has 4 rings (SSSR count). The van der Waals surface area contributed by atoms with Crippen LogP contribution in [0.4, 0.5) is 8.78 Å². The van der Waals surface area contributed by atoms with E-state index in [-0.39, 0.29) is 18.3 Å².